The van der Waals surface area contributed by atoms with E-state index in [1.807, 2.05) is 18.2 Å². The van der Waals surface area contributed by atoms with Crippen LogP contribution in [0.2, 0.25) is 18.1 Å². The first-order chi connectivity index (χ1) is 16.4. The second-order valence-electron chi connectivity index (χ2n) is 10.0. The molecule has 4 rings (SSSR count). The number of anilines is 1. The number of thiazole rings is 1. The predicted molar refractivity (Wildman–Crippen MR) is 147 cm³/mol. The van der Waals surface area contributed by atoms with E-state index in [1.165, 1.54) is 28.4 Å². The fraction of sp³-hybridized carbons (Fsp3) is 0.320. The van der Waals surface area contributed by atoms with Crippen molar-refractivity contribution in [2.75, 3.05) is 5.32 Å². The molecule has 35 heavy (non-hydrogen) atoms. The van der Waals surface area contributed by atoms with E-state index in [4.69, 9.17) is 4.43 Å². The number of hydrogen-bond acceptors (Lipinski definition) is 5. The lowest BCUT2D eigenvalue weighted by Gasteiger charge is -2.38. The molecule has 1 atom stereocenters. The van der Waals surface area contributed by atoms with Gasteiger partial charge in [0, 0.05) is 32.8 Å². The van der Waals surface area contributed by atoms with E-state index < -0.39 is 26.1 Å². The first-order valence-electron chi connectivity index (χ1n) is 11.2. The maximum Gasteiger partial charge on any atom is 0.255 e. The summed E-state index contributed by atoms with van der Waals surface area (Å²) in [6.45, 7) is 10.7. The van der Waals surface area contributed by atoms with Crippen molar-refractivity contribution in [3.05, 3.63) is 74.1 Å². The van der Waals surface area contributed by atoms with E-state index in [9.17, 15) is 14.0 Å². The quantitative estimate of drug-likeness (QED) is 0.248. The Balaban J connectivity index is 1.81. The molecule has 0 radical (unpaired) electrons. The van der Waals surface area contributed by atoms with Crippen LogP contribution in [0.5, 0.6) is 5.75 Å². The third-order valence-corrected chi connectivity index (χ3v) is 12.3. The summed E-state index contributed by atoms with van der Waals surface area (Å²) in [4.78, 5) is 32.8. The Morgan fingerprint density at radius 1 is 1.26 bits per heavy atom. The van der Waals surface area contributed by atoms with Gasteiger partial charge in [-0.1, -0.05) is 26.8 Å². The van der Waals surface area contributed by atoms with Gasteiger partial charge in [-0.25, -0.2) is 9.37 Å². The molecule has 0 bridgehead atoms. The number of nitrogens with one attached hydrogen (secondary N) is 1. The average Bonchev–Trinajstić information content (AvgIpc) is 3.38. The maximum atomic E-state index is 14.6. The van der Waals surface area contributed by atoms with Gasteiger partial charge in [0.2, 0.25) is 8.32 Å². The molecule has 10 heteroatoms. The maximum absolute atomic E-state index is 14.6. The number of nitrogens with zero attached hydrogens (tertiary/aromatic N) is 2. The number of carbonyl (C=O) groups excluding carboxylic acids is 2. The highest BCUT2D eigenvalue weighted by molar-refractivity contribution is 14.1. The standard InChI is InChI=1S/C25H27FIN3O3SSi/c1-25(2,3)35(4,5)33-20-9-7-16(26)12-19(20)21(22(31)29-24-28-10-11-34-24)30-14-15-6-8-17(27)13-18(15)23(30)32/h6-13,21H,14H2,1-5H3,(H,28,29,31). The molecule has 1 aliphatic rings. The van der Waals surface area contributed by atoms with Gasteiger partial charge in [-0.05, 0) is 76.6 Å². The number of carbonyl (C=O) groups is 2. The van der Waals surface area contributed by atoms with Crippen LogP contribution in [0.25, 0.3) is 0 Å². The van der Waals surface area contributed by atoms with E-state index in [0.29, 0.717) is 22.0 Å². The Bertz CT molecular complexity index is 1280. The van der Waals surface area contributed by atoms with Gasteiger partial charge in [0.25, 0.3) is 11.8 Å². The van der Waals surface area contributed by atoms with Gasteiger partial charge < -0.3 is 9.33 Å². The van der Waals surface area contributed by atoms with Gasteiger partial charge in [0.1, 0.15) is 17.6 Å². The summed E-state index contributed by atoms with van der Waals surface area (Å²) in [5.41, 5.74) is 1.69. The molecule has 2 heterocycles. The molecule has 1 aromatic heterocycles. The third kappa shape index (κ3) is 5.29. The lowest BCUT2D eigenvalue weighted by Crippen LogP contribution is -2.45. The van der Waals surface area contributed by atoms with E-state index in [-0.39, 0.29) is 17.5 Å². The Hall–Kier alpha value is -2.31. The van der Waals surface area contributed by atoms with E-state index >= 15 is 0 Å². The number of halogens is 2. The van der Waals surface area contributed by atoms with Gasteiger partial charge in [-0.3, -0.25) is 14.9 Å². The Morgan fingerprint density at radius 2 is 2.00 bits per heavy atom. The second-order valence-corrected chi connectivity index (χ2v) is 16.9. The highest BCUT2D eigenvalue weighted by Gasteiger charge is 2.43. The average molecular weight is 624 g/mol. The molecule has 6 nitrogen and oxygen atoms in total. The second kappa shape index (κ2) is 9.62. The molecule has 184 valence electrons. The number of benzene rings is 2. The minimum atomic E-state index is -2.33. The zero-order chi connectivity index (χ0) is 25.5. The van der Waals surface area contributed by atoms with Gasteiger partial charge in [-0.2, -0.15) is 0 Å². The number of hydrogen-bond donors (Lipinski definition) is 1. The molecule has 1 N–H and O–H groups in total. The number of aromatic nitrogens is 1. The summed E-state index contributed by atoms with van der Waals surface area (Å²) in [6, 6.07) is 8.71. The molecule has 2 amide bonds. The third-order valence-electron chi connectivity index (χ3n) is 6.56. The van der Waals surface area contributed by atoms with Crippen LogP contribution in [-0.2, 0) is 11.3 Å². The molecule has 0 fully saturated rings. The summed E-state index contributed by atoms with van der Waals surface area (Å²) >= 11 is 3.43. The van der Waals surface area contributed by atoms with Crippen LogP contribution in [0, 0.1) is 9.39 Å². The molecule has 0 saturated carbocycles. The fourth-order valence-electron chi connectivity index (χ4n) is 3.67. The Labute approximate surface area is 223 Å². The number of fused-ring (bicyclic) bond motifs is 1. The first-order valence-corrected chi connectivity index (χ1v) is 16.0. The summed E-state index contributed by atoms with van der Waals surface area (Å²) in [6.07, 6.45) is 1.59. The van der Waals surface area contributed by atoms with Crippen LogP contribution < -0.4 is 9.74 Å². The predicted octanol–water partition coefficient (Wildman–Crippen LogP) is 6.61. The van der Waals surface area contributed by atoms with Gasteiger partial charge >= 0.3 is 0 Å². The van der Waals surface area contributed by atoms with Crippen molar-refractivity contribution in [2.24, 2.45) is 0 Å². The monoisotopic (exact) mass is 623 g/mol. The van der Waals surface area contributed by atoms with E-state index in [1.54, 1.807) is 17.6 Å². The zero-order valence-corrected chi connectivity index (χ0v) is 24.2. The van der Waals surface area contributed by atoms with Crippen molar-refractivity contribution in [1.82, 2.24) is 9.88 Å². The van der Waals surface area contributed by atoms with Crippen molar-refractivity contribution in [3.8, 4) is 5.75 Å². The molecule has 0 aliphatic carbocycles. The summed E-state index contributed by atoms with van der Waals surface area (Å²) in [7, 11) is -2.33. The smallest absolute Gasteiger partial charge is 0.255 e. The lowest BCUT2D eigenvalue weighted by molar-refractivity contribution is -0.120. The van der Waals surface area contributed by atoms with Crippen LogP contribution >= 0.6 is 33.9 Å². The van der Waals surface area contributed by atoms with Crippen LogP contribution in [0.1, 0.15) is 48.3 Å². The van der Waals surface area contributed by atoms with Gasteiger partial charge in [0.15, 0.2) is 5.13 Å². The van der Waals surface area contributed by atoms with Gasteiger partial charge in [-0.15, -0.1) is 11.3 Å². The molecule has 3 aromatic rings. The van der Waals surface area contributed by atoms with Crippen LogP contribution in [0.15, 0.2) is 48.0 Å². The summed E-state index contributed by atoms with van der Waals surface area (Å²) in [5, 5.41) is 4.84. The largest absolute Gasteiger partial charge is 0.543 e. The van der Waals surface area contributed by atoms with Crippen molar-refractivity contribution in [2.45, 2.75) is 51.5 Å². The fourth-order valence-corrected chi connectivity index (χ4v) is 5.73. The summed E-state index contributed by atoms with van der Waals surface area (Å²) in [5.74, 6) is -0.842. The van der Waals surface area contributed by atoms with Crippen molar-refractivity contribution < 1.29 is 18.4 Å². The lowest BCUT2D eigenvalue weighted by atomic mass is 10.0. The van der Waals surface area contributed by atoms with Crippen molar-refractivity contribution in [1.29, 1.82) is 0 Å². The van der Waals surface area contributed by atoms with Crippen LogP contribution in [0.4, 0.5) is 9.52 Å². The minimum absolute atomic E-state index is 0.117. The first kappa shape index (κ1) is 25.8. The van der Waals surface area contributed by atoms with Crippen LogP contribution in [0.3, 0.4) is 0 Å². The normalized spacial score (nSPS) is 14.6. The van der Waals surface area contributed by atoms with E-state index in [0.717, 1.165) is 9.13 Å². The SMILES string of the molecule is CC(C)(C)[Si](C)(C)Oc1ccc(F)cc1C(C(=O)Nc1nccs1)N1Cc2ccc(I)cc2C1=O. The van der Waals surface area contributed by atoms with Crippen LogP contribution in [-0.4, -0.2) is 30.0 Å². The topological polar surface area (TPSA) is 71.5 Å². The minimum Gasteiger partial charge on any atom is -0.543 e. The number of rotatable bonds is 6. The van der Waals surface area contributed by atoms with Gasteiger partial charge in [0.05, 0.1) is 0 Å². The molecule has 2 aromatic carbocycles. The number of amides is 2. The highest BCUT2D eigenvalue weighted by Crippen LogP contribution is 2.42. The molecule has 0 saturated heterocycles. The van der Waals surface area contributed by atoms with Crippen molar-refractivity contribution in [3.63, 3.8) is 0 Å². The molecular weight excluding hydrogens is 596 g/mol. The van der Waals surface area contributed by atoms with Crippen molar-refractivity contribution >= 4 is 59.2 Å². The Kier molecular flexibility index (Phi) is 7.08. The summed E-state index contributed by atoms with van der Waals surface area (Å²) < 4.78 is 22.1. The molecule has 1 aliphatic heterocycles. The molecular formula is C25H27FIN3O3SSi. The Morgan fingerprint density at radius 3 is 2.66 bits per heavy atom. The van der Waals surface area contributed by atoms with E-state index in [2.05, 4.69) is 66.8 Å². The highest BCUT2D eigenvalue weighted by atomic mass is 127. The molecule has 1 unspecified atom stereocenters. The molecule has 0 spiro atoms. The zero-order valence-electron chi connectivity index (χ0n) is 20.2.